The van der Waals surface area contributed by atoms with E-state index in [1.54, 1.807) is 0 Å². The summed E-state index contributed by atoms with van der Waals surface area (Å²) in [5.41, 5.74) is 0.333. The summed E-state index contributed by atoms with van der Waals surface area (Å²) in [5, 5.41) is 13.5. The molecule has 2 unspecified atom stereocenters. The third kappa shape index (κ3) is 3.36. The summed E-state index contributed by atoms with van der Waals surface area (Å²) in [5.74, 6) is 1.05. The Balaban J connectivity index is 1.65. The molecule has 2 saturated carbocycles. The molecule has 2 atom stereocenters. The zero-order chi connectivity index (χ0) is 16.3. The minimum atomic E-state index is -0.138. The topological polar surface area (TPSA) is 57.1 Å². The Hall–Kier alpha value is -0.810. The number of nitrogens with one attached hydrogen (secondary N) is 1. The van der Waals surface area contributed by atoms with Crippen LogP contribution in [0.5, 0.6) is 0 Å². The van der Waals surface area contributed by atoms with Gasteiger partial charge in [0, 0.05) is 37.7 Å². The molecule has 1 spiro atoms. The Morgan fingerprint density at radius 2 is 1.96 bits per heavy atom. The highest BCUT2D eigenvalue weighted by atomic mass is 16.5. The van der Waals surface area contributed by atoms with Crippen LogP contribution < -0.4 is 5.32 Å². The Kier molecular flexibility index (Phi) is 5.47. The Morgan fingerprint density at radius 3 is 2.57 bits per heavy atom. The SMILES string of the molecule is CCN=C(NC1CC(OCC)C12CCCC2)N1CCC(O)CC1. The van der Waals surface area contributed by atoms with Crippen molar-refractivity contribution >= 4 is 5.96 Å². The number of piperidine rings is 1. The zero-order valence-corrected chi connectivity index (χ0v) is 14.8. The molecule has 1 heterocycles. The minimum Gasteiger partial charge on any atom is -0.393 e. The summed E-state index contributed by atoms with van der Waals surface area (Å²) in [7, 11) is 0. The molecule has 1 saturated heterocycles. The summed E-state index contributed by atoms with van der Waals surface area (Å²) in [6.07, 6.45) is 8.33. The van der Waals surface area contributed by atoms with Crippen LogP contribution in [0.15, 0.2) is 4.99 Å². The van der Waals surface area contributed by atoms with Gasteiger partial charge >= 0.3 is 0 Å². The fourth-order valence-corrected chi connectivity index (χ4v) is 4.71. The lowest BCUT2D eigenvalue weighted by Crippen LogP contribution is -2.65. The van der Waals surface area contributed by atoms with Gasteiger partial charge in [-0.1, -0.05) is 12.8 Å². The molecule has 3 fully saturated rings. The van der Waals surface area contributed by atoms with Crippen LogP contribution in [0.25, 0.3) is 0 Å². The van der Waals surface area contributed by atoms with E-state index in [0.29, 0.717) is 17.6 Å². The lowest BCUT2D eigenvalue weighted by Gasteiger charge is -2.55. The van der Waals surface area contributed by atoms with Crippen LogP contribution in [0.1, 0.15) is 58.8 Å². The van der Waals surface area contributed by atoms with Gasteiger partial charge in [0.25, 0.3) is 0 Å². The molecule has 2 N–H and O–H groups in total. The number of ether oxygens (including phenoxy) is 1. The van der Waals surface area contributed by atoms with Crippen LogP contribution in [0.2, 0.25) is 0 Å². The molecule has 2 aliphatic carbocycles. The number of hydrogen-bond donors (Lipinski definition) is 2. The highest BCUT2D eigenvalue weighted by Crippen LogP contribution is 2.54. The first kappa shape index (κ1) is 17.0. The van der Waals surface area contributed by atoms with E-state index in [-0.39, 0.29) is 6.10 Å². The Bertz CT molecular complexity index is 412. The number of aliphatic imine (C=N–C) groups is 1. The number of guanidine groups is 1. The average molecular weight is 323 g/mol. The third-order valence-corrected chi connectivity index (χ3v) is 6.06. The van der Waals surface area contributed by atoms with E-state index in [4.69, 9.17) is 9.73 Å². The van der Waals surface area contributed by atoms with Crippen molar-refractivity contribution in [1.82, 2.24) is 10.2 Å². The number of nitrogens with zero attached hydrogens (tertiary/aromatic N) is 2. The second kappa shape index (κ2) is 7.39. The zero-order valence-electron chi connectivity index (χ0n) is 14.8. The van der Waals surface area contributed by atoms with E-state index in [1.807, 2.05) is 0 Å². The molecule has 0 aromatic rings. The van der Waals surface area contributed by atoms with Crippen LogP contribution in [0, 0.1) is 5.41 Å². The first-order valence-electron chi connectivity index (χ1n) is 9.55. The van der Waals surface area contributed by atoms with Crippen molar-refractivity contribution in [2.45, 2.75) is 77.0 Å². The third-order valence-electron chi connectivity index (χ3n) is 6.06. The van der Waals surface area contributed by atoms with Crippen molar-refractivity contribution in [2.75, 3.05) is 26.2 Å². The molecule has 1 aliphatic heterocycles. The van der Waals surface area contributed by atoms with Crippen LogP contribution in [-0.2, 0) is 4.74 Å². The van der Waals surface area contributed by atoms with Gasteiger partial charge in [-0.15, -0.1) is 0 Å². The molecule has 0 aromatic heterocycles. The summed E-state index contributed by atoms with van der Waals surface area (Å²) < 4.78 is 6.02. The summed E-state index contributed by atoms with van der Waals surface area (Å²) in [4.78, 5) is 7.06. The molecule has 5 heteroatoms. The van der Waals surface area contributed by atoms with Gasteiger partial charge in [0.15, 0.2) is 5.96 Å². The van der Waals surface area contributed by atoms with Gasteiger partial charge in [0.1, 0.15) is 0 Å². The fourth-order valence-electron chi connectivity index (χ4n) is 4.71. The smallest absolute Gasteiger partial charge is 0.194 e. The molecule has 3 rings (SSSR count). The van der Waals surface area contributed by atoms with E-state index < -0.39 is 0 Å². The maximum Gasteiger partial charge on any atom is 0.194 e. The normalized spacial score (nSPS) is 31.4. The van der Waals surface area contributed by atoms with E-state index >= 15 is 0 Å². The summed E-state index contributed by atoms with van der Waals surface area (Å²) >= 11 is 0. The minimum absolute atomic E-state index is 0.138. The van der Waals surface area contributed by atoms with Crippen molar-refractivity contribution in [1.29, 1.82) is 0 Å². The van der Waals surface area contributed by atoms with Crippen molar-refractivity contribution < 1.29 is 9.84 Å². The lowest BCUT2D eigenvalue weighted by atomic mass is 9.60. The van der Waals surface area contributed by atoms with E-state index in [9.17, 15) is 5.11 Å². The molecule has 0 amide bonds. The van der Waals surface area contributed by atoms with Crippen LogP contribution in [0.3, 0.4) is 0 Å². The highest BCUT2D eigenvalue weighted by molar-refractivity contribution is 5.80. The van der Waals surface area contributed by atoms with Gasteiger partial charge in [0.2, 0.25) is 0 Å². The predicted octanol–water partition coefficient (Wildman–Crippen LogP) is 2.15. The van der Waals surface area contributed by atoms with Gasteiger partial charge in [-0.05, 0) is 46.0 Å². The molecule has 0 aromatic carbocycles. The van der Waals surface area contributed by atoms with Crippen LogP contribution in [0.4, 0.5) is 0 Å². The quantitative estimate of drug-likeness (QED) is 0.615. The van der Waals surface area contributed by atoms with Crippen molar-refractivity contribution in [2.24, 2.45) is 10.4 Å². The van der Waals surface area contributed by atoms with E-state index in [0.717, 1.165) is 51.5 Å². The molecule has 3 aliphatic rings. The molecule has 5 nitrogen and oxygen atoms in total. The fraction of sp³-hybridized carbons (Fsp3) is 0.944. The monoisotopic (exact) mass is 323 g/mol. The second-order valence-electron chi connectivity index (χ2n) is 7.33. The number of rotatable bonds is 4. The molecule has 23 heavy (non-hydrogen) atoms. The summed E-state index contributed by atoms with van der Waals surface area (Å²) in [6.45, 7) is 7.63. The van der Waals surface area contributed by atoms with Gasteiger partial charge in [-0.2, -0.15) is 0 Å². The first-order chi connectivity index (χ1) is 11.2. The van der Waals surface area contributed by atoms with Gasteiger partial charge in [-0.3, -0.25) is 4.99 Å². The average Bonchev–Trinajstić information content (AvgIpc) is 3.07. The largest absolute Gasteiger partial charge is 0.393 e. The maximum atomic E-state index is 9.74. The van der Waals surface area contributed by atoms with Crippen LogP contribution >= 0.6 is 0 Å². The predicted molar refractivity (Wildman–Crippen MR) is 92.6 cm³/mol. The molecular weight excluding hydrogens is 290 g/mol. The summed E-state index contributed by atoms with van der Waals surface area (Å²) in [6, 6.07) is 0.499. The van der Waals surface area contributed by atoms with Gasteiger partial charge < -0.3 is 20.1 Å². The number of aliphatic hydroxyl groups is 1. The second-order valence-corrected chi connectivity index (χ2v) is 7.33. The number of aliphatic hydroxyl groups excluding tert-OH is 1. The number of likely N-dealkylation sites (tertiary alicyclic amines) is 1. The molecule has 0 bridgehead atoms. The maximum absolute atomic E-state index is 9.74. The standard InChI is InChI=1S/C18H33N3O2/c1-3-19-17(21-11-7-14(22)8-12-21)20-15-13-16(23-4-2)18(15)9-5-6-10-18/h14-16,22H,3-13H2,1-2H3,(H,19,20). The first-order valence-corrected chi connectivity index (χ1v) is 9.55. The Morgan fingerprint density at radius 1 is 1.26 bits per heavy atom. The molecule has 0 radical (unpaired) electrons. The van der Waals surface area contributed by atoms with Gasteiger partial charge in [0.05, 0.1) is 12.2 Å². The van der Waals surface area contributed by atoms with E-state index in [2.05, 4.69) is 24.1 Å². The highest BCUT2D eigenvalue weighted by Gasteiger charge is 2.57. The lowest BCUT2D eigenvalue weighted by molar-refractivity contribution is -0.126. The van der Waals surface area contributed by atoms with Crippen molar-refractivity contribution in [3.05, 3.63) is 0 Å². The molecule has 132 valence electrons. The van der Waals surface area contributed by atoms with Gasteiger partial charge in [-0.25, -0.2) is 0 Å². The Labute approximate surface area is 140 Å². The van der Waals surface area contributed by atoms with Crippen molar-refractivity contribution in [3.63, 3.8) is 0 Å². The van der Waals surface area contributed by atoms with Crippen LogP contribution in [-0.4, -0.2) is 60.5 Å². The van der Waals surface area contributed by atoms with Crippen molar-refractivity contribution in [3.8, 4) is 0 Å². The van der Waals surface area contributed by atoms with E-state index in [1.165, 1.54) is 25.7 Å². The number of hydrogen-bond acceptors (Lipinski definition) is 3. The molecular formula is C18H33N3O2.